The summed E-state index contributed by atoms with van der Waals surface area (Å²) in [6, 6.07) is 8.67. The van der Waals surface area contributed by atoms with Crippen LogP contribution in [0.2, 0.25) is 0 Å². The molecule has 2 rings (SSSR count). The predicted molar refractivity (Wildman–Crippen MR) is 97.8 cm³/mol. The second kappa shape index (κ2) is 6.36. The highest BCUT2D eigenvalue weighted by molar-refractivity contribution is 5.16. The van der Waals surface area contributed by atoms with Crippen molar-refractivity contribution >= 4 is 0 Å². The van der Waals surface area contributed by atoms with Crippen LogP contribution in [0.5, 0.6) is 0 Å². The molecule has 0 fully saturated rings. The highest BCUT2D eigenvalue weighted by atomic mass is 15.1. The highest BCUT2D eigenvalue weighted by Gasteiger charge is 2.16. The molecular weight excluding hydrogens is 268 g/mol. The van der Waals surface area contributed by atoms with E-state index in [0.29, 0.717) is 0 Å². The minimum Gasteiger partial charge on any atom is -0.344 e. The molecule has 2 nitrogen and oxygen atoms in total. The molecule has 0 saturated heterocycles. The van der Waals surface area contributed by atoms with Crippen LogP contribution in [0.15, 0.2) is 24.3 Å². The highest BCUT2D eigenvalue weighted by Crippen LogP contribution is 2.21. The van der Waals surface area contributed by atoms with Gasteiger partial charge in [-0.05, 0) is 93.5 Å². The normalized spacial score (nSPS) is 12.1. The number of hydrogen-bond donors (Lipinski definition) is 0. The summed E-state index contributed by atoms with van der Waals surface area (Å²) in [4.78, 5) is 0. The van der Waals surface area contributed by atoms with Crippen molar-refractivity contribution in [2.24, 2.45) is 0 Å². The Morgan fingerprint density at radius 1 is 0.500 bits per heavy atom. The van der Waals surface area contributed by atoms with Crippen LogP contribution in [0, 0.1) is 27.7 Å². The van der Waals surface area contributed by atoms with Gasteiger partial charge in [-0.25, -0.2) is 0 Å². The van der Waals surface area contributed by atoms with E-state index in [-0.39, 0.29) is 11.1 Å². The van der Waals surface area contributed by atoms with Gasteiger partial charge in [-0.1, -0.05) is 0 Å². The molecule has 0 aliphatic rings. The maximum Gasteiger partial charge on any atom is 0.0360 e. The van der Waals surface area contributed by atoms with Crippen LogP contribution in [-0.2, 0) is 11.1 Å². The van der Waals surface area contributed by atoms with Crippen molar-refractivity contribution in [1.82, 2.24) is 9.13 Å². The molecule has 0 atom stereocenters. The van der Waals surface area contributed by atoms with Crippen molar-refractivity contribution in [3.63, 3.8) is 0 Å². The fourth-order valence-corrected chi connectivity index (χ4v) is 3.45. The number of hydrogen-bond acceptors (Lipinski definition) is 0. The van der Waals surface area contributed by atoms with Gasteiger partial charge >= 0.3 is 0 Å². The van der Waals surface area contributed by atoms with Crippen LogP contribution >= 0.6 is 0 Å². The van der Waals surface area contributed by atoms with Gasteiger partial charge in [-0.2, -0.15) is 0 Å². The Morgan fingerprint density at radius 2 is 0.682 bits per heavy atom. The first-order chi connectivity index (χ1) is 9.85. The van der Waals surface area contributed by atoms with Crippen LogP contribution in [0.3, 0.4) is 0 Å². The molecule has 0 amide bonds. The van der Waals surface area contributed by atoms with E-state index in [4.69, 9.17) is 0 Å². The topological polar surface area (TPSA) is 9.86 Å². The molecule has 2 aromatic heterocycles. The lowest BCUT2D eigenvalue weighted by molar-refractivity contribution is 0.383. The molecule has 2 heteroatoms. The first-order valence-corrected chi connectivity index (χ1v) is 8.16. The summed E-state index contributed by atoms with van der Waals surface area (Å²) < 4.78 is 4.71. The first-order valence-electron chi connectivity index (χ1n) is 8.16. The Hall–Kier alpha value is -1.44. The van der Waals surface area contributed by atoms with E-state index >= 15 is 0 Å². The van der Waals surface area contributed by atoms with E-state index < -0.39 is 0 Å². The Bertz CT molecular complexity index is 518. The average molecular weight is 303 g/mol. The zero-order valence-electron chi connectivity index (χ0n) is 16.2. The lowest BCUT2D eigenvalue weighted by Crippen LogP contribution is -2.23. The molecule has 0 aromatic carbocycles. The van der Waals surface area contributed by atoms with Crippen LogP contribution < -0.4 is 0 Å². The molecule has 0 aliphatic carbocycles. The predicted octanol–water partition coefficient (Wildman–Crippen LogP) is 5.72. The van der Waals surface area contributed by atoms with Crippen molar-refractivity contribution in [1.29, 1.82) is 0 Å². The van der Waals surface area contributed by atoms with Crippen molar-refractivity contribution in [2.75, 3.05) is 0 Å². The molecule has 0 unspecified atom stereocenters. The van der Waals surface area contributed by atoms with Crippen LogP contribution in [0.4, 0.5) is 0 Å². The van der Waals surface area contributed by atoms with E-state index in [1.54, 1.807) is 0 Å². The lowest BCUT2D eigenvalue weighted by atomic mass is 10.1. The molecule has 0 radical (unpaired) electrons. The van der Waals surface area contributed by atoms with E-state index in [1.165, 1.54) is 22.8 Å². The molecule has 22 heavy (non-hydrogen) atoms. The molecule has 0 aliphatic heterocycles. The van der Waals surface area contributed by atoms with Gasteiger partial charge in [-0.3, -0.25) is 0 Å². The molecule has 0 bridgehead atoms. The smallest absolute Gasteiger partial charge is 0.0360 e. The molecular formula is C20H34N2. The summed E-state index contributed by atoms with van der Waals surface area (Å²) in [5.41, 5.74) is 5.81. The number of aromatic nitrogens is 2. The Labute approximate surface area is 137 Å². The minimum atomic E-state index is 0.220. The first kappa shape index (κ1) is 18.6. The van der Waals surface area contributed by atoms with Crippen molar-refractivity contribution in [3.8, 4) is 0 Å². The van der Waals surface area contributed by atoms with Gasteiger partial charge in [0.1, 0.15) is 0 Å². The van der Waals surface area contributed by atoms with Crippen molar-refractivity contribution in [3.05, 3.63) is 47.0 Å². The zero-order chi connectivity index (χ0) is 17.3. The molecule has 0 saturated carbocycles. The quantitative estimate of drug-likeness (QED) is 0.589. The average Bonchev–Trinajstić information content (AvgIpc) is 2.81. The summed E-state index contributed by atoms with van der Waals surface area (Å²) in [6.07, 6.45) is 0. The molecule has 2 aromatic rings. The molecule has 0 spiro atoms. The third-order valence-corrected chi connectivity index (χ3v) is 3.88. The maximum atomic E-state index is 2.35. The van der Waals surface area contributed by atoms with Gasteiger partial charge in [0, 0.05) is 33.9 Å². The third kappa shape index (κ3) is 4.28. The van der Waals surface area contributed by atoms with Crippen molar-refractivity contribution < 1.29 is 0 Å². The zero-order valence-corrected chi connectivity index (χ0v) is 16.2. The lowest BCUT2D eigenvalue weighted by Gasteiger charge is -2.25. The van der Waals surface area contributed by atoms with E-state index in [0.717, 1.165) is 0 Å². The maximum absolute atomic E-state index is 2.35. The van der Waals surface area contributed by atoms with E-state index in [2.05, 4.69) is 103 Å². The minimum absolute atomic E-state index is 0.220. The fraction of sp³-hybridized carbons (Fsp3) is 0.600. The number of rotatable bonds is 0. The van der Waals surface area contributed by atoms with E-state index in [9.17, 15) is 0 Å². The van der Waals surface area contributed by atoms with Gasteiger partial charge in [-0.15, -0.1) is 0 Å². The van der Waals surface area contributed by atoms with Gasteiger partial charge in [0.25, 0.3) is 0 Å². The Morgan fingerprint density at radius 3 is 0.773 bits per heavy atom. The summed E-state index contributed by atoms with van der Waals surface area (Å²) in [5.74, 6) is 0. The number of aryl methyl sites for hydroxylation is 4. The fourth-order valence-electron chi connectivity index (χ4n) is 3.45. The Kier molecular flexibility index (Phi) is 5.38. The van der Waals surface area contributed by atoms with Gasteiger partial charge < -0.3 is 9.13 Å². The largest absolute Gasteiger partial charge is 0.344 e. The summed E-state index contributed by atoms with van der Waals surface area (Å²) in [6.45, 7) is 22.0. The monoisotopic (exact) mass is 302 g/mol. The van der Waals surface area contributed by atoms with Crippen LogP contribution in [-0.4, -0.2) is 9.13 Å². The number of nitrogens with zero attached hydrogens (tertiary/aromatic N) is 2. The second-order valence-electron chi connectivity index (χ2n) is 8.24. The third-order valence-electron chi connectivity index (χ3n) is 3.88. The molecule has 124 valence electrons. The molecule has 0 N–H and O–H groups in total. The summed E-state index contributed by atoms with van der Waals surface area (Å²) in [7, 11) is 0. The summed E-state index contributed by atoms with van der Waals surface area (Å²) >= 11 is 0. The van der Waals surface area contributed by atoms with Crippen molar-refractivity contribution in [2.45, 2.75) is 80.3 Å². The SMILES string of the molecule is Cc1ccc(C)n1C(C)(C)C.Cc1ccc(C)n1C(C)(C)C. The second-order valence-corrected chi connectivity index (χ2v) is 8.24. The van der Waals surface area contributed by atoms with Gasteiger partial charge in [0.05, 0.1) is 0 Å². The molecule has 2 heterocycles. The summed E-state index contributed by atoms with van der Waals surface area (Å²) in [5, 5.41) is 0. The van der Waals surface area contributed by atoms with Gasteiger partial charge in [0.15, 0.2) is 0 Å². The van der Waals surface area contributed by atoms with Gasteiger partial charge in [0.2, 0.25) is 0 Å². The van der Waals surface area contributed by atoms with Crippen LogP contribution in [0.1, 0.15) is 64.3 Å². The van der Waals surface area contributed by atoms with E-state index in [1.807, 2.05) is 0 Å². The Balaban J connectivity index is 0.000000220. The standard InChI is InChI=1S/2C10H17N/c2*1-8-6-7-9(2)11(8)10(3,4)5/h2*6-7H,1-5H3. The van der Waals surface area contributed by atoms with Crippen LogP contribution in [0.25, 0.3) is 0 Å².